The van der Waals surface area contributed by atoms with Gasteiger partial charge in [-0.1, -0.05) is 13.0 Å². The molecule has 1 N–H and O–H groups in total. The molecule has 1 aromatic rings. The first-order valence-electron chi connectivity index (χ1n) is 5.57. The molecule has 1 aliphatic rings. The summed E-state index contributed by atoms with van der Waals surface area (Å²) in [5.41, 5.74) is 1.01. The van der Waals surface area contributed by atoms with Crippen LogP contribution in [0.2, 0.25) is 0 Å². The van der Waals surface area contributed by atoms with Gasteiger partial charge in [0.25, 0.3) is 0 Å². The first-order valence-corrected chi connectivity index (χ1v) is 5.57. The summed E-state index contributed by atoms with van der Waals surface area (Å²) in [4.78, 5) is 0. The van der Waals surface area contributed by atoms with Crippen LogP contribution in [0.4, 0.5) is 4.39 Å². The summed E-state index contributed by atoms with van der Waals surface area (Å²) in [6.07, 6.45) is 2.87. The van der Waals surface area contributed by atoms with Gasteiger partial charge in [0.2, 0.25) is 0 Å². The number of halogens is 1. The summed E-state index contributed by atoms with van der Waals surface area (Å²) in [7, 11) is 0. The van der Waals surface area contributed by atoms with E-state index in [2.05, 4.69) is 0 Å². The Hall–Kier alpha value is -0.890. The van der Waals surface area contributed by atoms with E-state index in [4.69, 9.17) is 0 Å². The summed E-state index contributed by atoms with van der Waals surface area (Å²) in [5.74, 6) is 0.136. The SMILES string of the molecule is CCC(O)(c1ccc(F)cc1C)C1CC1. The molecule has 0 radical (unpaired) electrons. The molecule has 2 heteroatoms. The first kappa shape index (κ1) is 10.6. The van der Waals surface area contributed by atoms with Crippen LogP contribution >= 0.6 is 0 Å². The maximum absolute atomic E-state index is 13.0. The maximum Gasteiger partial charge on any atom is 0.123 e. The fourth-order valence-electron chi connectivity index (χ4n) is 2.37. The second-order valence-electron chi connectivity index (χ2n) is 4.51. The molecule has 0 spiro atoms. The minimum Gasteiger partial charge on any atom is -0.385 e. The van der Waals surface area contributed by atoms with E-state index in [1.807, 2.05) is 13.8 Å². The van der Waals surface area contributed by atoms with E-state index in [0.717, 1.165) is 24.0 Å². The van der Waals surface area contributed by atoms with Crippen LogP contribution in [0.1, 0.15) is 37.3 Å². The molecule has 0 aliphatic heterocycles. The Bertz CT molecular complexity index is 371. The molecule has 0 aromatic heterocycles. The summed E-state index contributed by atoms with van der Waals surface area (Å²) in [6.45, 7) is 3.85. The average molecular weight is 208 g/mol. The van der Waals surface area contributed by atoms with E-state index in [1.165, 1.54) is 12.1 Å². The Kier molecular flexibility index (Phi) is 2.55. The lowest BCUT2D eigenvalue weighted by Crippen LogP contribution is -2.28. The van der Waals surface area contributed by atoms with Gasteiger partial charge < -0.3 is 5.11 Å². The molecule has 0 bridgehead atoms. The second kappa shape index (κ2) is 3.60. The third-order valence-corrected chi connectivity index (χ3v) is 3.45. The van der Waals surface area contributed by atoms with Gasteiger partial charge in [0.1, 0.15) is 5.82 Å². The van der Waals surface area contributed by atoms with Crippen molar-refractivity contribution in [3.8, 4) is 0 Å². The van der Waals surface area contributed by atoms with Crippen molar-refractivity contribution in [3.63, 3.8) is 0 Å². The highest BCUT2D eigenvalue weighted by atomic mass is 19.1. The van der Waals surface area contributed by atoms with Crippen LogP contribution in [-0.4, -0.2) is 5.11 Å². The number of aryl methyl sites for hydroxylation is 1. The van der Waals surface area contributed by atoms with E-state index in [1.54, 1.807) is 6.07 Å². The van der Waals surface area contributed by atoms with Crippen molar-refractivity contribution >= 4 is 0 Å². The molecule has 1 atom stereocenters. The zero-order valence-electron chi connectivity index (χ0n) is 9.26. The molecule has 1 nitrogen and oxygen atoms in total. The van der Waals surface area contributed by atoms with Gasteiger partial charge in [-0.15, -0.1) is 0 Å². The maximum atomic E-state index is 13.0. The van der Waals surface area contributed by atoms with Crippen molar-refractivity contribution in [3.05, 3.63) is 35.1 Å². The fourth-order valence-corrected chi connectivity index (χ4v) is 2.37. The van der Waals surface area contributed by atoms with Gasteiger partial charge in [-0.2, -0.15) is 0 Å². The molecule has 1 aromatic carbocycles. The number of benzene rings is 1. The van der Waals surface area contributed by atoms with E-state index >= 15 is 0 Å². The Morgan fingerprint density at radius 1 is 1.47 bits per heavy atom. The van der Waals surface area contributed by atoms with Crippen molar-refractivity contribution in [2.45, 2.75) is 38.7 Å². The monoisotopic (exact) mass is 208 g/mol. The minimum atomic E-state index is -0.738. The van der Waals surface area contributed by atoms with Crippen LogP contribution < -0.4 is 0 Å². The lowest BCUT2D eigenvalue weighted by molar-refractivity contribution is 0.00825. The normalized spacial score (nSPS) is 20.0. The highest BCUT2D eigenvalue weighted by Gasteiger charge is 2.44. The lowest BCUT2D eigenvalue weighted by atomic mass is 9.84. The van der Waals surface area contributed by atoms with E-state index < -0.39 is 5.60 Å². The number of rotatable bonds is 3. The van der Waals surface area contributed by atoms with Crippen LogP contribution in [0.5, 0.6) is 0 Å². The Labute approximate surface area is 89.9 Å². The molecule has 0 amide bonds. The van der Waals surface area contributed by atoms with Gasteiger partial charge in [-0.3, -0.25) is 0 Å². The van der Waals surface area contributed by atoms with Crippen molar-refractivity contribution in [2.24, 2.45) is 5.92 Å². The third-order valence-electron chi connectivity index (χ3n) is 3.45. The fraction of sp³-hybridized carbons (Fsp3) is 0.538. The Morgan fingerprint density at radius 3 is 2.60 bits per heavy atom. The highest BCUT2D eigenvalue weighted by molar-refractivity contribution is 5.33. The lowest BCUT2D eigenvalue weighted by Gasteiger charge is -2.29. The van der Waals surface area contributed by atoms with Crippen LogP contribution in [0.15, 0.2) is 18.2 Å². The molecular weight excluding hydrogens is 191 g/mol. The summed E-state index contributed by atoms with van der Waals surface area (Å²) >= 11 is 0. The second-order valence-corrected chi connectivity index (χ2v) is 4.51. The smallest absolute Gasteiger partial charge is 0.123 e. The standard InChI is InChI=1S/C13H17FO/c1-3-13(15,10-4-5-10)12-7-6-11(14)8-9(12)2/h6-8,10,15H,3-5H2,1-2H3. The van der Waals surface area contributed by atoms with Crippen LogP contribution in [0.3, 0.4) is 0 Å². The van der Waals surface area contributed by atoms with E-state index in [-0.39, 0.29) is 5.82 Å². The van der Waals surface area contributed by atoms with Gasteiger partial charge in [0, 0.05) is 0 Å². The van der Waals surface area contributed by atoms with Gasteiger partial charge in [-0.25, -0.2) is 4.39 Å². The molecule has 82 valence electrons. The summed E-state index contributed by atoms with van der Waals surface area (Å²) in [6, 6.07) is 4.66. The van der Waals surface area contributed by atoms with Crippen molar-refractivity contribution < 1.29 is 9.50 Å². The quantitative estimate of drug-likeness (QED) is 0.809. The number of aliphatic hydroxyl groups is 1. The molecule has 0 heterocycles. The van der Waals surface area contributed by atoms with Crippen molar-refractivity contribution in [1.82, 2.24) is 0 Å². The van der Waals surface area contributed by atoms with Gasteiger partial charge in [0.15, 0.2) is 0 Å². The molecule has 1 aliphatic carbocycles. The third kappa shape index (κ3) is 1.78. The molecular formula is C13H17FO. The average Bonchev–Trinajstić information content (AvgIpc) is 3.00. The predicted molar refractivity (Wildman–Crippen MR) is 58.0 cm³/mol. The topological polar surface area (TPSA) is 20.2 Å². The van der Waals surface area contributed by atoms with Gasteiger partial charge >= 0.3 is 0 Å². The molecule has 2 rings (SSSR count). The molecule has 1 unspecified atom stereocenters. The first-order chi connectivity index (χ1) is 7.08. The minimum absolute atomic E-state index is 0.231. The van der Waals surface area contributed by atoms with Crippen LogP contribution in [-0.2, 0) is 5.60 Å². The highest BCUT2D eigenvalue weighted by Crippen LogP contribution is 2.48. The molecule has 1 fully saturated rings. The molecule has 15 heavy (non-hydrogen) atoms. The van der Waals surface area contributed by atoms with Crippen molar-refractivity contribution in [2.75, 3.05) is 0 Å². The number of hydrogen-bond donors (Lipinski definition) is 1. The van der Waals surface area contributed by atoms with Crippen molar-refractivity contribution in [1.29, 1.82) is 0 Å². The summed E-state index contributed by atoms with van der Waals surface area (Å²) in [5, 5.41) is 10.6. The molecule has 0 saturated heterocycles. The zero-order chi connectivity index (χ0) is 11.1. The molecule has 1 saturated carbocycles. The van der Waals surface area contributed by atoms with Gasteiger partial charge in [-0.05, 0) is 55.4 Å². The predicted octanol–water partition coefficient (Wildman–Crippen LogP) is 3.14. The summed E-state index contributed by atoms with van der Waals surface area (Å²) < 4.78 is 13.0. The number of hydrogen-bond acceptors (Lipinski definition) is 1. The van der Waals surface area contributed by atoms with Crippen LogP contribution in [0.25, 0.3) is 0 Å². The van der Waals surface area contributed by atoms with E-state index in [0.29, 0.717) is 12.3 Å². The Balaban J connectivity index is 2.42. The largest absolute Gasteiger partial charge is 0.385 e. The Morgan fingerprint density at radius 2 is 2.13 bits per heavy atom. The van der Waals surface area contributed by atoms with Gasteiger partial charge in [0.05, 0.1) is 5.60 Å². The van der Waals surface area contributed by atoms with Crippen LogP contribution in [0, 0.1) is 18.7 Å². The van der Waals surface area contributed by atoms with E-state index in [9.17, 15) is 9.50 Å². The zero-order valence-corrected chi connectivity index (χ0v) is 9.26.